The summed E-state index contributed by atoms with van der Waals surface area (Å²) in [5, 5.41) is 3.79. The van der Waals surface area contributed by atoms with Gasteiger partial charge in [-0.3, -0.25) is 0 Å². The Labute approximate surface area is 108 Å². The molecule has 1 aliphatic carbocycles. The Morgan fingerprint density at radius 2 is 1.82 bits per heavy atom. The molecule has 0 amide bonds. The van der Waals surface area contributed by atoms with Crippen LogP contribution < -0.4 is 5.32 Å². The van der Waals surface area contributed by atoms with E-state index in [9.17, 15) is 0 Å². The number of likely N-dealkylation sites (N-methyl/N-ethyl adjacent to an activating group) is 1. The quantitative estimate of drug-likeness (QED) is 0.742. The van der Waals surface area contributed by atoms with Crippen LogP contribution in [-0.4, -0.2) is 37.1 Å². The van der Waals surface area contributed by atoms with E-state index in [0.717, 1.165) is 18.5 Å². The lowest BCUT2D eigenvalue weighted by Crippen LogP contribution is -2.49. The molecule has 0 aromatic carbocycles. The van der Waals surface area contributed by atoms with Crippen LogP contribution >= 0.6 is 0 Å². The average Bonchev–Trinajstić information content (AvgIpc) is 2.51. The number of hydrogen-bond acceptors (Lipinski definition) is 2. The minimum atomic E-state index is 0.260. The van der Waals surface area contributed by atoms with E-state index in [4.69, 9.17) is 0 Å². The van der Waals surface area contributed by atoms with Gasteiger partial charge in [0.2, 0.25) is 0 Å². The topological polar surface area (TPSA) is 15.3 Å². The third-order valence-corrected chi connectivity index (χ3v) is 4.70. The second-order valence-electron chi connectivity index (χ2n) is 6.57. The summed E-state index contributed by atoms with van der Waals surface area (Å²) in [5.74, 6) is 0.989. The zero-order chi connectivity index (χ0) is 12.9. The van der Waals surface area contributed by atoms with E-state index in [1.807, 2.05) is 0 Å². The van der Waals surface area contributed by atoms with E-state index < -0.39 is 0 Å². The molecule has 0 aromatic heterocycles. The fourth-order valence-electron chi connectivity index (χ4n) is 2.54. The Morgan fingerprint density at radius 1 is 1.12 bits per heavy atom. The highest BCUT2D eigenvalue weighted by Crippen LogP contribution is 2.25. The van der Waals surface area contributed by atoms with Crippen LogP contribution in [0.25, 0.3) is 0 Å². The molecule has 0 radical (unpaired) electrons. The maximum absolute atomic E-state index is 3.79. The van der Waals surface area contributed by atoms with Gasteiger partial charge in [-0.15, -0.1) is 0 Å². The second-order valence-corrected chi connectivity index (χ2v) is 6.57. The van der Waals surface area contributed by atoms with Crippen LogP contribution in [-0.2, 0) is 0 Å². The van der Waals surface area contributed by atoms with Crippen molar-refractivity contribution in [1.82, 2.24) is 10.2 Å². The van der Waals surface area contributed by atoms with Crippen molar-refractivity contribution in [2.75, 3.05) is 20.6 Å². The van der Waals surface area contributed by atoms with Crippen molar-refractivity contribution in [1.29, 1.82) is 0 Å². The molecule has 1 fully saturated rings. The molecular weight excluding hydrogens is 208 g/mol. The van der Waals surface area contributed by atoms with Gasteiger partial charge >= 0.3 is 0 Å². The van der Waals surface area contributed by atoms with Gasteiger partial charge in [-0.25, -0.2) is 0 Å². The van der Waals surface area contributed by atoms with E-state index in [1.165, 1.54) is 38.5 Å². The monoisotopic (exact) mass is 240 g/mol. The lowest BCUT2D eigenvalue weighted by Gasteiger charge is -2.34. The Morgan fingerprint density at radius 3 is 2.41 bits per heavy atom. The SMILES string of the molecule is CCC1CCCC(NCC(C)(C)N(C)C)CC1. The summed E-state index contributed by atoms with van der Waals surface area (Å²) in [5.41, 5.74) is 0.260. The molecule has 2 atom stereocenters. The zero-order valence-corrected chi connectivity index (χ0v) is 12.6. The molecule has 2 unspecified atom stereocenters. The summed E-state index contributed by atoms with van der Waals surface area (Å²) in [6.07, 6.45) is 8.42. The summed E-state index contributed by atoms with van der Waals surface area (Å²) in [4.78, 5) is 2.31. The highest BCUT2D eigenvalue weighted by atomic mass is 15.2. The van der Waals surface area contributed by atoms with Crippen molar-refractivity contribution in [2.24, 2.45) is 5.92 Å². The smallest absolute Gasteiger partial charge is 0.0271 e. The fourth-order valence-corrected chi connectivity index (χ4v) is 2.54. The lowest BCUT2D eigenvalue weighted by atomic mass is 9.97. The van der Waals surface area contributed by atoms with Crippen molar-refractivity contribution in [2.45, 2.75) is 70.9 Å². The van der Waals surface area contributed by atoms with Gasteiger partial charge < -0.3 is 10.2 Å². The molecule has 102 valence electrons. The minimum Gasteiger partial charge on any atom is -0.312 e. The second kappa shape index (κ2) is 6.75. The summed E-state index contributed by atoms with van der Waals surface area (Å²) in [6, 6.07) is 0.755. The van der Waals surface area contributed by atoms with Gasteiger partial charge in [-0.05, 0) is 53.1 Å². The molecule has 17 heavy (non-hydrogen) atoms. The van der Waals surface area contributed by atoms with E-state index >= 15 is 0 Å². The van der Waals surface area contributed by atoms with Gasteiger partial charge in [0.25, 0.3) is 0 Å². The predicted molar refractivity (Wildman–Crippen MR) is 76.4 cm³/mol. The van der Waals surface area contributed by atoms with E-state index in [0.29, 0.717) is 0 Å². The minimum absolute atomic E-state index is 0.260. The van der Waals surface area contributed by atoms with Gasteiger partial charge in [-0.2, -0.15) is 0 Å². The average molecular weight is 240 g/mol. The highest BCUT2D eigenvalue weighted by Gasteiger charge is 2.23. The van der Waals surface area contributed by atoms with Crippen LogP contribution in [0.4, 0.5) is 0 Å². The Hall–Kier alpha value is -0.0800. The van der Waals surface area contributed by atoms with Gasteiger partial charge in [0.1, 0.15) is 0 Å². The van der Waals surface area contributed by atoms with Crippen LogP contribution in [0.2, 0.25) is 0 Å². The molecule has 0 aliphatic heterocycles. The number of rotatable bonds is 5. The summed E-state index contributed by atoms with van der Waals surface area (Å²) >= 11 is 0. The first kappa shape index (κ1) is 15.0. The first-order valence-electron chi connectivity index (χ1n) is 7.36. The molecule has 0 spiro atoms. The third-order valence-electron chi connectivity index (χ3n) is 4.70. The van der Waals surface area contributed by atoms with Crippen LogP contribution in [0.3, 0.4) is 0 Å². The van der Waals surface area contributed by atoms with E-state index in [2.05, 4.69) is 45.1 Å². The molecule has 0 saturated heterocycles. The van der Waals surface area contributed by atoms with Crippen molar-refractivity contribution in [3.63, 3.8) is 0 Å². The molecule has 1 N–H and O–H groups in total. The third kappa shape index (κ3) is 4.97. The molecule has 0 aromatic rings. The van der Waals surface area contributed by atoms with Crippen LogP contribution in [0.15, 0.2) is 0 Å². The van der Waals surface area contributed by atoms with Crippen molar-refractivity contribution in [3.8, 4) is 0 Å². The van der Waals surface area contributed by atoms with Gasteiger partial charge in [0.05, 0.1) is 0 Å². The standard InChI is InChI=1S/C15H32N2/c1-6-13-8-7-9-14(11-10-13)16-12-15(2,3)17(4)5/h13-14,16H,6-12H2,1-5H3. The molecule has 2 nitrogen and oxygen atoms in total. The fraction of sp³-hybridized carbons (Fsp3) is 1.00. The molecular formula is C15H32N2. The molecule has 0 bridgehead atoms. The maximum atomic E-state index is 3.79. The summed E-state index contributed by atoms with van der Waals surface area (Å²) in [7, 11) is 4.34. The van der Waals surface area contributed by atoms with Crippen LogP contribution in [0.1, 0.15) is 59.3 Å². The number of hydrogen-bond donors (Lipinski definition) is 1. The molecule has 1 rings (SSSR count). The van der Waals surface area contributed by atoms with Crippen molar-refractivity contribution < 1.29 is 0 Å². The van der Waals surface area contributed by atoms with Crippen LogP contribution in [0.5, 0.6) is 0 Å². The van der Waals surface area contributed by atoms with E-state index in [1.54, 1.807) is 0 Å². The van der Waals surface area contributed by atoms with Crippen molar-refractivity contribution in [3.05, 3.63) is 0 Å². The number of nitrogens with zero attached hydrogens (tertiary/aromatic N) is 1. The van der Waals surface area contributed by atoms with Gasteiger partial charge in [-0.1, -0.05) is 26.2 Å². The molecule has 0 heterocycles. The van der Waals surface area contributed by atoms with Crippen molar-refractivity contribution >= 4 is 0 Å². The maximum Gasteiger partial charge on any atom is 0.0271 e. The first-order valence-corrected chi connectivity index (χ1v) is 7.36. The normalized spacial score (nSPS) is 27.2. The summed E-state index contributed by atoms with van der Waals surface area (Å²) < 4.78 is 0. The van der Waals surface area contributed by atoms with Gasteiger partial charge in [0.15, 0.2) is 0 Å². The Kier molecular flexibility index (Phi) is 5.94. The highest BCUT2D eigenvalue weighted by molar-refractivity contribution is 4.83. The van der Waals surface area contributed by atoms with Gasteiger partial charge in [0, 0.05) is 18.1 Å². The van der Waals surface area contributed by atoms with Crippen LogP contribution in [0, 0.1) is 5.92 Å². The lowest BCUT2D eigenvalue weighted by molar-refractivity contribution is 0.182. The number of nitrogens with one attached hydrogen (secondary N) is 1. The predicted octanol–water partition coefficient (Wildman–Crippen LogP) is 3.28. The summed E-state index contributed by atoms with van der Waals surface area (Å²) in [6.45, 7) is 8.06. The Balaban J connectivity index is 2.32. The molecule has 1 aliphatic rings. The Bertz CT molecular complexity index is 211. The zero-order valence-electron chi connectivity index (χ0n) is 12.6. The molecule has 2 heteroatoms. The largest absolute Gasteiger partial charge is 0.312 e. The van der Waals surface area contributed by atoms with E-state index in [-0.39, 0.29) is 5.54 Å². The first-order chi connectivity index (χ1) is 7.95. The molecule has 1 saturated carbocycles.